The van der Waals surface area contributed by atoms with Crippen LogP contribution in [-0.2, 0) is 20.9 Å². The maximum absolute atomic E-state index is 14.2. The molecule has 1 aliphatic heterocycles. The van der Waals surface area contributed by atoms with Crippen molar-refractivity contribution in [2.24, 2.45) is 22.9 Å². The summed E-state index contributed by atoms with van der Waals surface area (Å²) in [6, 6.07) is 15.3. The number of oxime groups is 1. The fourth-order valence-electron chi connectivity index (χ4n) is 9.58. The third-order valence-corrected chi connectivity index (χ3v) is 12.6. The first-order valence-electron chi connectivity index (χ1n) is 22.7. The Hall–Kier alpha value is -5.88. The van der Waals surface area contributed by atoms with Crippen LogP contribution in [0.2, 0.25) is 0 Å². The molecule has 3 aromatic carbocycles. The van der Waals surface area contributed by atoms with Crippen LogP contribution in [0, 0.1) is 27.9 Å². The number of hydrogen-bond acceptors (Lipinski definition) is 14. The van der Waals surface area contributed by atoms with E-state index in [1.54, 1.807) is 59.5 Å². The van der Waals surface area contributed by atoms with Crippen LogP contribution in [0.4, 0.5) is 21.0 Å². The third kappa shape index (κ3) is 11.8. The third-order valence-electron chi connectivity index (χ3n) is 12.4. The minimum absolute atomic E-state index is 0.00368. The molecule has 17 nitrogen and oxygen atoms in total. The highest BCUT2D eigenvalue weighted by Crippen LogP contribution is 2.62. The number of unbranched alkanes of at least 4 members (excludes halogenated alkanes) is 2. The summed E-state index contributed by atoms with van der Waals surface area (Å²) in [6.45, 7) is 6.25. The molecule has 6 atom stereocenters. The van der Waals surface area contributed by atoms with Gasteiger partial charge in [0.25, 0.3) is 5.69 Å². The number of benzene rings is 3. The summed E-state index contributed by atoms with van der Waals surface area (Å²) in [5, 5.41) is 38.8. The quantitative estimate of drug-likeness (QED) is 0.0252. The first-order chi connectivity index (χ1) is 32.5. The van der Waals surface area contributed by atoms with Gasteiger partial charge in [-0.3, -0.25) is 20.3 Å². The summed E-state index contributed by atoms with van der Waals surface area (Å²) in [7, 11) is 3.01. The first kappa shape index (κ1) is 50.5. The lowest BCUT2D eigenvalue weighted by atomic mass is 9.55. The Morgan fingerprint density at radius 1 is 1.03 bits per heavy atom. The van der Waals surface area contributed by atoms with Crippen LogP contribution >= 0.6 is 11.6 Å². The van der Waals surface area contributed by atoms with Gasteiger partial charge in [-0.25, -0.2) is 9.59 Å². The van der Waals surface area contributed by atoms with Crippen LogP contribution in [0.3, 0.4) is 0 Å². The van der Waals surface area contributed by atoms with Crippen LogP contribution in [0.25, 0.3) is 0 Å². The smallest absolute Gasteiger partial charge is 0.417 e. The van der Waals surface area contributed by atoms with Crippen molar-refractivity contribution in [1.29, 1.82) is 0 Å². The van der Waals surface area contributed by atoms with Crippen LogP contribution < -0.4 is 24.3 Å². The van der Waals surface area contributed by atoms with Gasteiger partial charge in [0.1, 0.15) is 42.3 Å². The topological polar surface area (TPSA) is 210 Å². The summed E-state index contributed by atoms with van der Waals surface area (Å²) in [6.07, 6.45) is 7.10. The summed E-state index contributed by atoms with van der Waals surface area (Å²) < 4.78 is 36.7. The molecule has 1 fully saturated rings. The lowest BCUT2D eigenvalue weighted by Gasteiger charge is -2.59. The van der Waals surface area contributed by atoms with E-state index in [-0.39, 0.29) is 75.2 Å². The van der Waals surface area contributed by atoms with Crippen molar-refractivity contribution in [3.63, 3.8) is 0 Å². The summed E-state index contributed by atoms with van der Waals surface area (Å²) in [5.41, 5.74) is 3.03. The SMILES string of the molecule is C=CCO[C@@]12Oc3ccc(OC(=O)Nc4ccc(OC)cc4OC)cc3[C@H]3[C@H](CCCCO)[C@@H](CCCCO)C=C(C(=NOCc4ccc([N+](=O)[O-])cc4)C[C@@H]1N(CCC)C(=O)OCCCl)[C@H]32. The number of carbonyl (C=O) groups excluding carboxylic acids is 2. The molecular weight excluding hydrogens is 888 g/mol. The lowest BCUT2D eigenvalue weighted by Crippen LogP contribution is -2.70. The Balaban J connectivity index is 1.52. The number of rotatable bonds is 24. The monoisotopic (exact) mass is 948 g/mol. The number of nitro benzene ring substituents is 1. The number of fused-ring (bicyclic) bond motifs is 2. The molecule has 6 rings (SSSR count). The van der Waals surface area contributed by atoms with Gasteiger partial charge in [-0.05, 0) is 97.5 Å². The Bertz CT molecular complexity index is 2240. The molecule has 18 heteroatoms. The van der Waals surface area contributed by atoms with Crippen molar-refractivity contribution >= 4 is 40.9 Å². The summed E-state index contributed by atoms with van der Waals surface area (Å²) in [4.78, 5) is 46.4. The number of allylic oxidation sites excluding steroid dienone is 1. The van der Waals surface area contributed by atoms with Crippen molar-refractivity contribution in [2.75, 3.05) is 58.4 Å². The van der Waals surface area contributed by atoms with Gasteiger partial charge in [0.05, 0.1) is 48.9 Å². The highest BCUT2D eigenvalue weighted by molar-refractivity contribution is 6.18. The summed E-state index contributed by atoms with van der Waals surface area (Å²) in [5.74, 6) is -1.10. The van der Waals surface area contributed by atoms with E-state index in [1.165, 1.54) is 26.4 Å². The van der Waals surface area contributed by atoms with E-state index in [4.69, 9.17) is 50.0 Å². The highest BCUT2D eigenvalue weighted by Gasteiger charge is 2.65. The number of non-ortho nitro benzene ring substituents is 1. The van der Waals surface area contributed by atoms with Gasteiger partial charge in [0.2, 0.25) is 5.79 Å². The van der Waals surface area contributed by atoms with Crippen molar-refractivity contribution < 1.29 is 58.0 Å². The summed E-state index contributed by atoms with van der Waals surface area (Å²) >= 11 is 6.02. The predicted molar refractivity (Wildman–Crippen MR) is 251 cm³/mol. The van der Waals surface area contributed by atoms with Crippen molar-refractivity contribution in [3.8, 4) is 23.0 Å². The van der Waals surface area contributed by atoms with E-state index in [1.807, 2.05) is 6.92 Å². The van der Waals surface area contributed by atoms with E-state index in [0.717, 1.165) is 17.6 Å². The second-order valence-electron chi connectivity index (χ2n) is 16.5. The molecule has 2 amide bonds. The number of carbonyl (C=O) groups is 2. The molecule has 0 radical (unpaired) electrons. The fraction of sp³-hybridized carbons (Fsp3) is 0.490. The zero-order valence-corrected chi connectivity index (χ0v) is 39.0. The Kier molecular flexibility index (Phi) is 18.3. The maximum Gasteiger partial charge on any atom is 0.417 e. The predicted octanol–water partition coefficient (Wildman–Crippen LogP) is 9.14. The molecular formula is C49H61ClN4O13. The molecule has 0 bridgehead atoms. The molecule has 1 saturated carbocycles. The highest BCUT2D eigenvalue weighted by atomic mass is 35.5. The number of nitrogens with one attached hydrogen (secondary N) is 1. The molecule has 3 N–H and O–H groups in total. The average Bonchev–Trinajstić information content (AvgIpc) is 3.33. The maximum atomic E-state index is 14.2. The molecule has 2 aliphatic carbocycles. The number of anilines is 1. The molecule has 1 heterocycles. The molecule has 0 saturated heterocycles. The Labute approximate surface area is 395 Å². The van der Waals surface area contributed by atoms with Gasteiger partial charge in [-0.2, -0.15) is 0 Å². The number of alkyl halides is 1. The fourth-order valence-corrected chi connectivity index (χ4v) is 9.66. The number of aliphatic hydroxyl groups excluding tert-OH is 2. The van der Waals surface area contributed by atoms with Crippen molar-refractivity contribution in [3.05, 3.63) is 106 Å². The van der Waals surface area contributed by atoms with Crippen LogP contribution in [0.1, 0.15) is 75.3 Å². The van der Waals surface area contributed by atoms with Gasteiger partial charge in [0.15, 0.2) is 0 Å². The van der Waals surface area contributed by atoms with Gasteiger partial charge in [-0.15, -0.1) is 18.2 Å². The van der Waals surface area contributed by atoms with E-state index < -0.39 is 40.8 Å². The van der Waals surface area contributed by atoms with Crippen LogP contribution in [0.5, 0.6) is 23.0 Å². The molecule has 67 heavy (non-hydrogen) atoms. The molecule has 0 spiro atoms. The molecule has 362 valence electrons. The van der Waals surface area contributed by atoms with Crippen molar-refractivity contribution in [1.82, 2.24) is 4.90 Å². The van der Waals surface area contributed by atoms with Crippen molar-refractivity contribution in [2.45, 2.75) is 82.6 Å². The lowest BCUT2D eigenvalue weighted by molar-refractivity contribution is -0.384. The Morgan fingerprint density at radius 2 is 1.78 bits per heavy atom. The van der Waals surface area contributed by atoms with E-state index in [2.05, 4.69) is 18.0 Å². The van der Waals surface area contributed by atoms with Gasteiger partial charge >= 0.3 is 12.2 Å². The zero-order chi connectivity index (χ0) is 47.9. The number of halogens is 1. The minimum atomic E-state index is -1.56. The molecule has 0 aromatic heterocycles. The van der Waals surface area contributed by atoms with E-state index in [0.29, 0.717) is 72.7 Å². The first-order valence-corrected chi connectivity index (χ1v) is 23.2. The zero-order valence-electron chi connectivity index (χ0n) is 38.2. The second kappa shape index (κ2) is 24.2. The number of amides is 2. The van der Waals surface area contributed by atoms with Crippen LogP contribution in [0.15, 0.2) is 90.1 Å². The van der Waals surface area contributed by atoms with Gasteiger partial charge in [0, 0.05) is 55.9 Å². The molecule has 3 aliphatic rings. The Morgan fingerprint density at radius 3 is 2.45 bits per heavy atom. The van der Waals surface area contributed by atoms with Gasteiger partial charge < -0.3 is 43.5 Å². The molecule has 3 aromatic rings. The second-order valence-corrected chi connectivity index (χ2v) is 16.9. The average molecular weight is 949 g/mol. The molecule has 0 unspecified atom stereocenters. The van der Waals surface area contributed by atoms with Gasteiger partial charge in [-0.1, -0.05) is 37.1 Å². The van der Waals surface area contributed by atoms with Crippen LogP contribution in [-0.4, -0.2) is 103 Å². The normalized spacial score (nSPS) is 22.0. The van der Waals surface area contributed by atoms with E-state index >= 15 is 0 Å². The number of methoxy groups -OCH3 is 2. The largest absolute Gasteiger partial charge is 0.497 e. The number of hydrogen-bond donors (Lipinski definition) is 3. The number of ether oxygens (including phenoxy) is 6. The number of aliphatic hydroxyl groups is 2. The standard InChI is InChI=1S/C49H61ClN4O13/c1-5-22-53(48(58)63-26-21-50)44-30-41(52-65-31-32-13-15-34(16-14-32)54(59)60)38-27-33(11-7-9-23-55)37(12-8-10-24-56)45-39-28-36(18-20-42(39)67-49(44,46(38)45)64-25-6-2)66-47(57)51-40-19-17-35(61-3)29-43(40)62-4/h6,13-20,27-29,33,37,44-46,55-56H,2,5,7-12,21-26,30-31H2,1,3-4H3,(H,51,57)/t33-,37+,44-,45+,46+,49+/m0/s1. The van der Waals surface area contributed by atoms with E-state index in [9.17, 15) is 29.9 Å². The minimum Gasteiger partial charge on any atom is -0.497 e. The number of nitro groups is 1. The number of nitrogens with zero attached hydrogens (tertiary/aromatic N) is 3.